The number of hydrogen-bond acceptors (Lipinski definition) is 7. The highest BCUT2D eigenvalue weighted by Gasteiger charge is 2.31. The Bertz CT molecular complexity index is 414. The van der Waals surface area contributed by atoms with Gasteiger partial charge in [-0.25, -0.2) is 9.59 Å². The Morgan fingerprint density at radius 3 is 1.74 bits per heavy atom. The third-order valence-electron chi connectivity index (χ3n) is 2.63. The number of carbonyl (C=O) groups excluding carboxylic acids is 3. The summed E-state index contributed by atoms with van der Waals surface area (Å²) in [6.07, 6.45) is 2.88. The van der Waals surface area contributed by atoms with E-state index in [1.165, 1.54) is 5.57 Å². The molecule has 0 bridgehead atoms. The fourth-order valence-electron chi connectivity index (χ4n) is 1.29. The highest BCUT2D eigenvalue weighted by Crippen LogP contribution is 2.05. The van der Waals surface area contributed by atoms with E-state index < -0.39 is 24.1 Å². The minimum absolute atomic E-state index is 0.845. The van der Waals surface area contributed by atoms with Crippen LogP contribution in [0.5, 0.6) is 0 Å². The molecule has 7 nitrogen and oxygen atoms in total. The number of methoxy groups -OCH3 is 2. The van der Waals surface area contributed by atoms with Crippen LogP contribution in [0.1, 0.15) is 33.6 Å². The van der Waals surface area contributed by atoms with Gasteiger partial charge in [-0.05, 0) is 39.7 Å². The first-order valence-electron chi connectivity index (χ1n) is 6.97. The molecule has 0 aliphatic rings. The Labute approximate surface area is 136 Å². The zero-order valence-corrected chi connectivity index (χ0v) is 14.2. The summed E-state index contributed by atoms with van der Waals surface area (Å²) in [5.41, 5.74) is 2.49. The Kier molecular flexibility index (Phi) is 13.8. The first kappa shape index (κ1) is 23.3. The predicted molar refractivity (Wildman–Crippen MR) is 84.5 cm³/mol. The summed E-state index contributed by atoms with van der Waals surface area (Å²) in [7, 11) is 2.05. The maximum atomic E-state index is 10.5. The van der Waals surface area contributed by atoms with E-state index in [1.807, 2.05) is 6.92 Å². The van der Waals surface area contributed by atoms with Gasteiger partial charge in [0.05, 0.1) is 14.2 Å². The summed E-state index contributed by atoms with van der Waals surface area (Å²) in [6.45, 7) is 6.14. The van der Waals surface area contributed by atoms with Crippen molar-refractivity contribution in [3.8, 4) is 0 Å². The van der Waals surface area contributed by atoms with Crippen LogP contribution in [0, 0.1) is 0 Å². The Morgan fingerprint density at radius 2 is 1.43 bits per heavy atom. The molecule has 0 fully saturated rings. The molecule has 0 aromatic rings. The molecule has 132 valence electrons. The van der Waals surface area contributed by atoms with Crippen LogP contribution in [0.25, 0.3) is 0 Å². The third kappa shape index (κ3) is 12.3. The van der Waals surface area contributed by atoms with Crippen LogP contribution in [-0.2, 0) is 23.9 Å². The standard InChI is InChI=1S/C10H16O.C6H10O6/c1-9(2)5-4-6-10(3)7-8-11;1-11-5(9)3(7)4(8)6(10)12-2/h5,7-8H,4,6H2,1-3H3;3-4,7-8H,1-2H3/b10-7+;. The Morgan fingerprint density at radius 1 is 1.00 bits per heavy atom. The van der Waals surface area contributed by atoms with Gasteiger partial charge >= 0.3 is 11.9 Å². The van der Waals surface area contributed by atoms with Gasteiger partial charge in [0.1, 0.15) is 6.29 Å². The minimum Gasteiger partial charge on any atom is -0.467 e. The molecule has 0 rings (SSSR count). The van der Waals surface area contributed by atoms with Crippen LogP contribution in [0.15, 0.2) is 23.3 Å². The van der Waals surface area contributed by atoms with E-state index in [0.717, 1.165) is 38.9 Å². The van der Waals surface area contributed by atoms with Gasteiger partial charge in [-0.2, -0.15) is 0 Å². The average Bonchev–Trinajstić information content (AvgIpc) is 2.52. The predicted octanol–water partition coefficient (Wildman–Crippen LogP) is 0.932. The van der Waals surface area contributed by atoms with Crippen molar-refractivity contribution in [2.24, 2.45) is 0 Å². The fraction of sp³-hybridized carbons (Fsp3) is 0.562. The topological polar surface area (TPSA) is 110 Å². The van der Waals surface area contributed by atoms with E-state index in [-0.39, 0.29) is 0 Å². The fourth-order valence-corrected chi connectivity index (χ4v) is 1.29. The number of esters is 2. The molecule has 7 heteroatoms. The lowest BCUT2D eigenvalue weighted by molar-refractivity contribution is -0.169. The second-order valence-corrected chi connectivity index (χ2v) is 4.91. The molecule has 0 aromatic carbocycles. The number of allylic oxidation sites excluding steroid dienone is 4. The highest BCUT2D eigenvalue weighted by atomic mass is 16.6. The van der Waals surface area contributed by atoms with Gasteiger partial charge in [0.25, 0.3) is 0 Å². The lowest BCUT2D eigenvalue weighted by atomic mass is 10.1. The number of aldehydes is 1. The van der Waals surface area contributed by atoms with E-state index in [2.05, 4.69) is 29.4 Å². The van der Waals surface area contributed by atoms with Crippen LogP contribution in [0.2, 0.25) is 0 Å². The van der Waals surface area contributed by atoms with Crippen molar-refractivity contribution in [1.82, 2.24) is 0 Å². The zero-order valence-electron chi connectivity index (χ0n) is 14.2. The minimum atomic E-state index is -1.90. The van der Waals surface area contributed by atoms with Crippen LogP contribution >= 0.6 is 0 Å². The van der Waals surface area contributed by atoms with Gasteiger partial charge in [0, 0.05) is 0 Å². The smallest absolute Gasteiger partial charge is 0.338 e. The molecule has 0 saturated carbocycles. The van der Waals surface area contributed by atoms with E-state index in [1.54, 1.807) is 6.08 Å². The van der Waals surface area contributed by atoms with Gasteiger partial charge < -0.3 is 19.7 Å². The van der Waals surface area contributed by atoms with Crippen LogP contribution in [0.3, 0.4) is 0 Å². The van der Waals surface area contributed by atoms with E-state index >= 15 is 0 Å². The normalized spacial score (nSPS) is 12.9. The molecule has 23 heavy (non-hydrogen) atoms. The molecule has 0 spiro atoms. The third-order valence-corrected chi connectivity index (χ3v) is 2.63. The summed E-state index contributed by atoms with van der Waals surface area (Å²) in [5.74, 6) is -2.18. The molecule has 0 aromatic heterocycles. The van der Waals surface area contributed by atoms with Crippen LogP contribution in [-0.4, -0.2) is 54.9 Å². The van der Waals surface area contributed by atoms with Crippen molar-refractivity contribution >= 4 is 18.2 Å². The number of rotatable bonds is 7. The summed E-state index contributed by atoms with van der Waals surface area (Å²) in [5, 5.41) is 17.7. The number of ether oxygens (including phenoxy) is 2. The summed E-state index contributed by atoms with van der Waals surface area (Å²) >= 11 is 0. The lowest BCUT2D eigenvalue weighted by Crippen LogP contribution is -2.40. The summed E-state index contributed by atoms with van der Waals surface area (Å²) in [4.78, 5) is 31.1. The lowest BCUT2D eigenvalue weighted by Gasteiger charge is -2.12. The number of hydrogen-bond donors (Lipinski definition) is 2. The zero-order chi connectivity index (χ0) is 18.4. The Balaban J connectivity index is 0. The van der Waals surface area contributed by atoms with Crippen molar-refractivity contribution in [2.45, 2.75) is 45.8 Å². The second kappa shape index (κ2) is 13.7. The molecule has 2 N–H and O–H groups in total. The monoisotopic (exact) mass is 330 g/mol. The van der Waals surface area contributed by atoms with Gasteiger partial charge in [-0.3, -0.25) is 4.79 Å². The number of aliphatic hydroxyl groups excluding tert-OH is 2. The van der Waals surface area contributed by atoms with Gasteiger partial charge in [-0.15, -0.1) is 0 Å². The molecule has 0 saturated heterocycles. The molecule has 0 radical (unpaired) electrons. The molecular formula is C16H26O7. The van der Waals surface area contributed by atoms with Gasteiger partial charge in [0.15, 0.2) is 12.2 Å². The van der Waals surface area contributed by atoms with Crippen molar-refractivity contribution in [3.63, 3.8) is 0 Å². The quantitative estimate of drug-likeness (QED) is 0.309. The molecule has 0 aliphatic heterocycles. The van der Waals surface area contributed by atoms with Crippen LogP contribution < -0.4 is 0 Å². The molecule has 2 unspecified atom stereocenters. The average molecular weight is 330 g/mol. The molecule has 0 amide bonds. The maximum absolute atomic E-state index is 10.5. The van der Waals surface area contributed by atoms with E-state index in [4.69, 9.17) is 10.2 Å². The largest absolute Gasteiger partial charge is 0.467 e. The maximum Gasteiger partial charge on any atom is 0.338 e. The van der Waals surface area contributed by atoms with Gasteiger partial charge in [0.2, 0.25) is 0 Å². The van der Waals surface area contributed by atoms with Crippen LogP contribution in [0.4, 0.5) is 0 Å². The van der Waals surface area contributed by atoms with Crippen molar-refractivity contribution < 1.29 is 34.1 Å². The first-order valence-corrected chi connectivity index (χ1v) is 6.97. The van der Waals surface area contributed by atoms with Crippen molar-refractivity contribution in [2.75, 3.05) is 14.2 Å². The van der Waals surface area contributed by atoms with Crippen molar-refractivity contribution in [3.05, 3.63) is 23.3 Å². The molecule has 0 heterocycles. The van der Waals surface area contributed by atoms with E-state index in [0.29, 0.717) is 0 Å². The number of aliphatic hydroxyl groups is 2. The van der Waals surface area contributed by atoms with Crippen molar-refractivity contribution in [1.29, 1.82) is 0 Å². The highest BCUT2D eigenvalue weighted by molar-refractivity contribution is 5.85. The first-order chi connectivity index (χ1) is 10.7. The number of carbonyl (C=O) groups is 3. The second-order valence-electron chi connectivity index (χ2n) is 4.91. The SMILES string of the molecule is CC(C)=CCC/C(C)=C/C=O.COC(=O)C(O)C(O)C(=O)OC. The summed E-state index contributed by atoms with van der Waals surface area (Å²) in [6, 6.07) is 0. The van der Waals surface area contributed by atoms with E-state index in [9.17, 15) is 14.4 Å². The molecular weight excluding hydrogens is 304 g/mol. The molecule has 0 aliphatic carbocycles. The Hall–Kier alpha value is -1.99. The molecule has 2 atom stereocenters. The summed E-state index contributed by atoms with van der Waals surface area (Å²) < 4.78 is 8.14. The van der Waals surface area contributed by atoms with Gasteiger partial charge in [-0.1, -0.05) is 17.2 Å².